The lowest BCUT2D eigenvalue weighted by molar-refractivity contribution is -0.00000283. The first-order valence-corrected chi connectivity index (χ1v) is 4.96. The SMILES string of the molecule is C[S+](C)CC(C)(C)N.Cl.[Cl-]. The predicted molar refractivity (Wildman–Crippen MR) is 49.6 cm³/mol. The van der Waals surface area contributed by atoms with E-state index in [1.165, 1.54) is 0 Å². The fourth-order valence-electron chi connectivity index (χ4n) is 0.744. The minimum absolute atomic E-state index is 0. The minimum Gasteiger partial charge on any atom is -1.00 e. The van der Waals surface area contributed by atoms with Gasteiger partial charge in [-0.3, -0.25) is 0 Å². The number of hydrogen-bond acceptors (Lipinski definition) is 1. The highest BCUT2D eigenvalue weighted by atomic mass is 35.5. The second kappa shape index (κ2) is 6.59. The molecule has 0 saturated carbocycles. The van der Waals surface area contributed by atoms with Crippen molar-refractivity contribution >= 4 is 23.3 Å². The first-order chi connectivity index (χ1) is 3.42. The van der Waals surface area contributed by atoms with E-state index in [-0.39, 0.29) is 30.4 Å². The Balaban J connectivity index is -0.000000245. The summed E-state index contributed by atoms with van der Waals surface area (Å²) in [6.45, 7) is 4.14. The highest BCUT2D eigenvalue weighted by molar-refractivity contribution is 7.95. The van der Waals surface area contributed by atoms with Gasteiger partial charge in [0.1, 0.15) is 5.75 Å². The van der Waals surface area contributed by atoms with Crippen LogP contribution in [0.2, 0.25) is 0 Å². The molecule has 4 heteroatoms. The zero-order valence-electron chi connectivity index (χ0n) is 6.98. The van der Waals surface area contributed by atoms with Crippen LogP contribution in [0, 0.1) is 0 Å². The largest absolute Gasteiger partial charge is 1.00 e. The molecule has 0 heterocycles. The molecular weight excluding hydrogens is 189 g/mol. The third kappa shape index (κ3) is 16.0. The normalized spacial score (nSPS) is 10.2. The van der Waals surface area contributed by atoms with Crippen molar-refractivity contribution in [3.63, 3.8) is 0 Å². The topological polar surface area (TPSA) is 26.0 Å². The van der Waals surface area contributed by atoms with Crippen LogP contribution in [-0.4, -0.2) is 23.8 Å². The van der Waals surface area contributed by atoms with Crippen LogP contribution in [0.1, 0.15) is 13.8 Å². The lowest BCUT2D eigenvalue weighted by Crippen LogP contribution is -3.00. The second-order valence-electron chi connectivity index (χ2n) is 3.12. The number of halogens is 2. The molecule has 10 heavy (non-hydrogen) atoms. The van der Waals surface area contributed by atoms with Gasteiger partial charge in [0.05, 0.1) is 18.1 Å². The highest BCUT2D eigenvalue weighted by Crippen LogP contribution is 2.00. The third-order valence-corrected chi connectivity index (χ3v) is 1.98. The molecule has 0 radical (unpaired) electrons. The van der Waals surface area contributed by atoms with E-state index in [0.29, 0.717) is 10.9 Å². The maximum atomic E-state index is 5.74. The summed E-state index contributed by atoms with van der Waals surface area (Å²) in [5.41, 5.74) is 5.78. The third-order valence-electron chi connectivity index (χ3n) is 0.661. The van der Waals surface area contributed by atoms with Crippen LogP contribution in [0.25, 0.3) is 0 Å². The maximum Gasteiger partial charge on any atom is 0.124 e. The Kier molecular flexibility index (Phi) is 11.3. The van der Waals surface area contributed by atoms with Gasteiger partial charge in [-0.2, -0.15) is 0 Å². The summed E-state index contributed by atoms with van der Waals surface area (Å²) >= 11 is 0. The van der Waals surface area contributed by atoms with Crippen LogP contribution in [0.5, 0.6) is 0 Å². The van der Waals surface area contributed by atoms with Crippen LogP contribution in [0.15, 0.2) is 0 Å². The molecule has 0 aliphatic rings. The Morgan fingerprint density at radius 1 is 1.30 bits per heavy atom. The Morgan fingerprint density at radius 3 is 1.60 bits per heavy atom. The van der Waals surface area contributed by atoms with Gasteiger partial charge in [0, 0.05) is 0 Å². The monoisotopic (exact) mass is 205 g/mol. The van der Waals surface area contributed by atoms with Crippen LogP contribution in [0.4, 0.5) is 0 Å². The van der Waals surface area contributed by atoms with Gasteiger partial charge in [-0.15, -0.1) is 12.4 Å². The molecule has 0 aliphatic carbocycles. The second-order valence-corrected chi connectivity index (χ2v) is 5.38. The Morgan fingerprint density at radius 2 is 1.60 bits per heavy atom. The lowest BCUT2D eigenvalue weighted by Gasteiger charge is -2.14. The fourth-order valence-corrected chi connectivity index (χ4v) is 2.23. The minimum atomic E-state index is 0. The molecule has 0 saturated heterocycles. The van der Waals surface area contributed by atoms with Crippen molar-refractivity contribution in [2.75, 3.05) is 18.3 Å². The fraction of sp³-hybridized carbons (Fsp3) is 1.00. The smallest absolute Gasteiger partial charge is 0.124 e. The van der Waals surface area contributed by atoms with Crippen LogP contribution >= 0.6 is 12.4 Å². The summed E-state index contributed by atoms with van der Waals surface area (Å²) in [5, 5.41) is 0. The molecule has 0 aromatic heterocycles. The van der Waals surface area contributed by atoms with Gasteiger partial charge < -0.3 is 18.1 Å². The van der Waals surface area contributed by atoms with Crippen LogP contribution in [-0.2, 0) is 10.9 Å². The molecule has 0 unspecified atom stereocenters. The molecule has 66 valence electrons. The Labute approximate surface area is 79.3 Å². The average Bonchev–Trinajstić information content (AvgIpc) is 1.21. The Bertz CT molecular complexity index is 70.6. The molecule has 0 aromatic rings. The van der Waals surface area contributed by atoms with E-state index in [1.54, 1.807) is 0 Å². The first kappa shape index (κ1) is 17.1. The maximum absolute atomic E-state index is 5.74. The van der Waals surface area contributed by atoms with Gasteiger partial charge in [-0.05, 0) is 24.7 Å². The van der Waals surface area contributed by atoms with Crippen molar-refractivity contribution in [1.29, 1.82) is 0 Å². The van der Waals surface area contributed by atoms with E-state index in [0.717, 1.165) is 5.75 Å². The summed E-state index contributed by atoms with van der Waals surface area (Å²) in [7, 11) is 0.490. The van der Waals surface area contributed by atoms with E-state index in [1.807, 2.05) is 0 Å². The van der Waals surface area contributed by atoms with Crippen molar-refractivity contribution < 1.29 is 12.4 Å². The molecule has 0 aliphatic heterocycles. The van der Waals surface area contributed by atoms with Crippen LogP contribution < -0.4 is 18.1 Å². The van der Waals surface area contributed by atoms with Crippen LogP contribution in [0.3, 0.4) is 0 Å². The summed E-state index contributed by atoms with van der Waals surface area (Å²) in [6.07, 6.45) is 4.43. The molecule has 0 bridgehead atoms. The summed E-state index contributed by atoms with van der Waals surface area (Å²) in [4.78, 5) is 0. The lowest BCUT2D eigenvalue weighted by atomic mass is 10.1. The van der Waals surface area contributed by atoms with Crippen molar-refractivity contribution in [3.05, 3.63) is 0 Å². The zero-order chi connectivity index (χ0) is 6.78. The Hall–Kier alpha value is 0.890. The predicted octanol–water partition coefficient (Wildman–Crippen LogP) is -1.97. The van der Waals surface area contributed by atoms with Gasteiger partial charge in [-0.1, -0.05) is 0 Å². The highest BCUT2D eigenvalue weighted by Gasteiger charge is 2.18. The van der Waals surface area contributed by atoms with E-state index < -0.39 is 0 Å². The number of nitrogens with two attached hydrogens (primary N) is 1. The van der Waals surface area contributed by atoms with E-state index in [9.17, 15) is 0 Å². The molecule has 2 N–H and O–H groups in total. The van der Waals surface area contributed by atoms with Gasteiger partial charge >= 0.3 is 0 Å². The van der Waals surface area contributed by atoms with E-state index >= 15 is 0 Å². The van der Waals surface area contributed by atoms with Crippen molar-refractivity contribution in [2.45, 2.75) is 19.4 Å². The van der Waals surface area contributed by atoms with Crippen molar-refractivity contribution in [2.24, 2.45) is 5.73 Å². The molecular formula is C6H17Cl2NS. The van der Waals surface area contributed by atoms with Crippen molar-refractivity contribution in [1.82, 2.24) is 0 Å². The van der Waals surface area contributed by atoms with Gasteiger partial charge in [0.25, 0.3) is 0 Å². The zero-order valence-corrected chi connectivity index (χ0v) is 9.37. The molecule has 0 atom stereocenters. The molecule has 0 amide bonds. The first-order valence-electron chi connectivity index (χ1n) is 2.75. The standard InChI is InChI=1S/C6H16NS.2ClH/c1-6(2,7)5-8(3)4;;/h5,7H2,1-4H3;2*1H/q+1;;/p-1. The van der Waals surface area contributed by atoms with E-state index in [2.05, 4.69) is 26.4 Å². The number of rotatable bonds is 2. The summed E-state index contributed by atoms with van der Waals surface area (Å²) in [6, 6.07) is 0. The molecule has 1 nitrogen and oxygen atoms in total. The average molecular weight is 206 g/mol. The molecule has 0 spiro atoms. The summed E-state index contributed by atoms with van der Waals surface area (Å²) < 4.78 is 0. The molecule has 0 aromatic carbocycles. The molecule has 0 fully saturated rings. The quantitative estimate of drug-likeness (QED) is 0.521. The van der Waals surface area contributed by atoms with E-state index in [4.69, 9.17) is 5.73 Å². The number of hydrogen-bond donors (Lipinski definition) is 1. The van der Waals surface area contributed by atoms with Gasteiger partial charge in [0.15, 0.2) is 0 Å². The van der Waals surface area contributed by atoms with Gasteiger partial charge in [-0.25, -0.2) is 0 Å². The molecule has 0 rings (SSSR count). The summed E-state index contributed by atoms with van der Waals surface area (Å²) in [5.74, 6) is 1.13. The van der Waals surface area contributed by atoms with Gasteiger partial charge in [0.2, 0.25) is 0 Å². The van der Waals surface area contributed by atoms with Crippen molar-refractivity contribution in [3.8, 4) is 0 Å².